The largest absolute Gasteiger partial charge is 0.619 e. The molecular formula is C30H22N12O2. The highest BCUT2D eigenvalue weighted by molar-refractivity contribution is 5.88. The van der Waals surface area contributed by atoms with E-state index in [-0.39, 0.29) is 35.4 Å². The molecule has 0 saturated heterocycles. The minimum atomic E-state index is -1.46. The van der Waals surface area contributed by atoms with Gasteiger partial charge in [0.1, 0.15) is 13.3 Å². The minimum Gasteiger partial charge on any atom is -0.619 e. The monoisotopic (exact) mass is 582 g/mol. The van der Waals surface area contributed by atoms with Gasteiger partial charge in [-0.25, -0.2) is 10.1 Å². The number of hydroxylamine groups is 2. The first-order valence-corrected chi connectivity index (χ1v) is 14.2. The average Bonchev–Trinajstić information content (AvgIpc) is 3.79. The van der Waals surface area contributed by atoms with Crippen molar-refractivity contribution in [2.24, 2.45) is 9.98 Å². The van der Waals surface area contributed by atoms with Gasteiger partial charge in [-0.2, -0.15) is 20.0 Å². The van der Waals surface area contributed by atoms with Gasteiger partial charge in [0.05, 0.1) is 33.5 Å². The van der Waals surface area contributed by atoms with E-state index in [1.165, 1.54) is 0 Å². The number of hydrogen-bond donors (Lipinski definition) is 2. The number of benzene rings is 2. The molecule has 4 unspecified atom stereocenters. The molecule has 0 spiro atoms. The van der Waals surface area contributed by atoms with Crippen molar-refractivity contribution < 1.29 is 10.1 Å². The fourth-order valence-electron chi connectivity index (χ4n) is 7.23. The summed E-state index contributed by atoms with van der Waals surface area (Å²) >= 11 is 0. The zero-order valence-corrected chi connectivity index (χ0v) is 22.9. The first-order chi connectivity index (χ1) is 21.6. The molecule has 0 radical (unpaired) electrons. The number of nitrogens with one attached hydrogen (secondary N) is 2. The summed E-state index contributed by atoms with van der Waals surface area (Å²) in [5.74, 6) is 0.993. The van der Waals surface area contributed by atoms with Crippen LogP contribution >= 0.6 is 0 Å². The number of pyridine rings is 2. The molecule has 4 aromatic heterocycles. The lowest BCUT2D eigenvalue weighted by atomic mass is 9.86. The molecule has 4 aliphatic rings. The summed E-state index contributed by atoms with van der Waals surface area (Å²) in [5, 5.41) is 28.0. The van der Waals surface area contributed by atoms with Crippen molar-refractivity contribution in [3.63, 3.8) is 0 Å². The van der Waals surface area contributed by atoms with Crippen LogP contribution in [0.1, 0.15) is 11.4 Å². The number of aliphatic imine (C=N–C) groups is 2. The Labute approximate surface area is 248 Å². The number of guanidine groups is 2. The van der Waals surface area contributed by atoms with Gasteiger partial charge in [0.15, 0.2) is 0 Å². The van der Waals surface area contributed by atoms with E-state index >= 15 is 0 Å². The fourth-order valence-corrected chi connectivity index (χ4v) is 7.23. The van der Waals surface area contributed by atoms with Crippen LogP contribution in [0.15, 0.2) is 107 Å². The third-order valence-electron chi connectivity index (χ3n) is 9.05. The van der Waals surface area contributed by atoms with E-state index in [9.17, 15) is 10.4 Å². The van der Waals surface area contributed by atoms with E-state index in [4.69, 9.17) is 20.0 Å². The SMILES string of the molecule is [O-][NH+]1C2=NC3(c4ccccn4)N4Cn5c(nc6ccccc65)[NH+]([O-])C4=NC3(c3ccccn3)N2Cn2c1nc1ccccc12. The van der Waals surface area contributed by atoms with Gasteiger partial charge in [0, 0.05) is 12.4 Å². The highest BCUT2D eigenvalue weighted by atomic mass is 16.5. The van der Waals surface area contributed by atoms with Crippen molar-refractivity contribution in [3.05, 3.63) is 119 Å². The van der Waals surface area contributed by atoms with E-state index in [1.54, 1.807) is 12.4 Å². The number of nitrogens with zero attached hydrogens (tertiary/aromatic N) is 10. The smallest absolute Gasteiger partial charge is 0.317 e. The Kier molecular flexibility index (Phi) is 4.40. The van der Waals surface area contributed by atoms with Crippen molar-refractivity contribution in [1.82, 2.24) is 38.9 Å². The molecule has 0 bridgehead atoms. The van der Waals surface area contributed by atoms with Crippen LogP contribution in [0.3, 0.4) is 0 Å². The molecule has 44 heavy (non-hydrogen) atoms. The zero-order valence-electron chi connectivity index (χ0n) is 22.9. The molecule has 2 N–H and O–H groups in total. The molecule has 4 aliphatic heterocycles. The van der Waals surface area contributed by atoms with Crippen molar-refractivity contribution >= 4 is 45.9 Å². The van der Waals surface area contributed by atoms with Gasteiger partial charge >= 0.3 is 23.8 Å². The number of quaternary nitrogens is 2. The number of rotatable bonds is 2. The summed E-state index contributed by atoms with van der Waals surface area (Å²) < 4.78 is 3.77. The highest BCUT2D eigenvalue weighted by Crippen LogP contribution is 2.58. The lowest BCUT2D eigenvalue weighted by molar-refractivity contribution is -0.690. The number of para-hydroxylation sites is 4. The molecule has 14 heteroatoms. The first-order valence-electron chi connectivity index (χ1n) is 14.2. The minimum absolute atomic E-state index is 0.195. The molecule has 6 aromatic rings. The van der Waals surface area contributed by atoms with Crippen LogP contribution in [0, 0.1) is 10.4 Å². The van der Waals surface area contributed by atoms with Gasteiger partial charge in [-0.05, 0) is 48.5 Å². The van der Waals surface area contributed by atoms with Gasteiger partial charge in [0.2, 0.25) is 11.3 Å². The highest BCUT2D eigenvalue weighted by Gasteiger charge is 2.76. The molecule has 0 amide bonds. The molecule has 10 rings (SSSR count). The number of imidazole rings is 2. The van der Waals surface area contributed by atoms with Gasteiger partial charge in [-0.1, -0.05) is 36.4 Å². The topological polar surface area (TPSA) is 148 Å². The van der Waals surface area contributed by atoms with Crippen LogP contribution in [0.4, 0.5) is 11.9 Å². The van der Waals surface area contributed by atoms with Crippen LogP contribution in [0.25, 0.3) is 22.1 Å². The van der Waals surface area contributed by atoms with E-state index in [0.29, 0.717) is 34.3 Å². The van der Waals surface area contributed by atoms with Crippen LogP contribution in [-0.2, 0) is 24.7 Å². The second-order valence-corrected chi connectivity index (χ2v) is 11.1. The van der Waals surface area contributed by atoms with E-state index < -0.39 is 11.3 Å². The third-order valence-corrected chi connectivity index (χ3v) is 9.05. The predicted molar refractivity (Wildman–Crippen MR) is 158 cm³/mol. The van der Waals surface area contributed by atoms with Crippen molar-refractivity contribution in [3.8, 4) is 0 Å². The van der Waals surface area contributed by atoms with Crippen molar-refractivity contribution in [2.45, 2.75) is 24.7 Å². The van der Waals surface area contributed by atoms with E-state index in [1.807, 2.05) is 104 Å². The Morgan fingerprint density at radius 3 is 1.43 bits per heavy atom. The first kappa shape index (κ1) is 24.0. The van der Waals surface area contributed by atoms with Gasteiger partial charge in [-0.3, -0.25) is 28.9 Å². The molecule has 14 nitrogen and oxygen atoms in total. The second-order valence-electron chi connectivity index (χ2n) is 11.1. The maximum Gasteiger partial charge on any atom is 0.317 e. The quantitative estimate of drug-likeness (QED) is 0.286. The van der Waals surface area contributed by atoms with Crippen LogP contribution in [0.2, 0.25) is 0 Å². The second kappa shape index (κ2) is 8.09. The average molecular weight is 583 g/mol. The Hall–Kier alpha value is -5.54. The Morgan fingerprint density at radius 1 is 0.568 bits per heavy atom. The molecule has 0 aliphatic carbocycles. The molecule has 2 aromatic carbocycles. The Balaban J connectivity index is 1.29. The van der Waals surface area contributed by atoms with Crippen LogP contribution < -0.4 is 10.1 Å². The predicted octanol–water partition coefficient (Wildman–Crippen LogP) is 0.896. The van der Waals surface area contributed by atoms with Crippen molar-refractivity contribution in [1.29, 1.82) is 0 Å². The standard InChI is InChI=1S/C30H22N12O2/c43-41-25-33-19-9-1-3-11-21(19)37(25)17-39-27(41)35-30(24-14-6-8-16-32-24)29(39,23-13-5-7-15-31-23)36-28-40(30)18-38-22-12-4-2-10-20(22)34-26(38)42(28)44/h1-16,41-42H,17-18H2. The Morgan fingerprint density at radius 2 is 1.00 bits per heavy atom. The third kappa shape index (κ3) is 2.65. The summed E-state index contributed by atoms with van der Waals surface area (Å²) in [6.45, 7) is 0.412. The molecule has 0 saturated carbocycles. The Bertz CT molecular complexity index is 2060. The van der Waals surface area contributed by atoms with Gasteiger partial charge in [-0.15, -0.1) is 0 Å². The summed E-state index contributed by atoms with van der Waals surface area (Å²) in [7, 11) is 0. The lowest BCUT2D eigenvalue weighted by Crippen LogP contribution is -3.09. The van der Waals surface area contributed by atoms with Crippen molar-refractivity contribution in [2.75, 3.05) is 0 Å². The van der Waals surface area contributed by atoms with Crippen LogP contribution in [-0.4, -0.2) is 50.8 Å². The summed E-state index contributed by atoms with van der Waals surface area (Å²) in [6, 6.07) is 26.4. The zero-order chi connectivity index (χ0) is 29.2. The molecule has 4 atom stereocenters. The lowest BCUT2D eigenvalue weighted by Gasteiger charge is -2.45. The van der Waals surface area contributed by atoms with E-state index in [2.05, 4.69) is 9.97 Å². The van der Waals surface area contributed by atoms with Gasteiger partial charge < -0.3 is 10.4 Å². The maximum atomic E-state index is 14.4. The fraction of sp³-hybridized carbons (Fsp3) is 0.133. The van der Waals surface area contributed by atoms with E-state index in [0.717, 1.165) is 11.0 Å². The number of hydrogen-bond acceptors (Lipinski definition) is 10. The normalized spacial score (nSPS) is 26.6. The molecule has 8 heterocycles. The summed E-state index contributed by atoms with van der Waals surface area (Å²) in [6.07, 6.45) is 3.37. The summed E-state index contributed by atoms with van der Waals surface area (Å²) in [4.78, 5) is 33.3. The molecule has 0 fully saturated rings. The summed E-state index contributed by atoms with van der Waals surface area (Å²) in [5.41, 5.74) is 1.19. The maximum absolute atomic E-state index is 14.4. The number of fused-ring (bicyclic) bond motifs is 11. The number of aromatic nitrogens is 6. The van der Waals surface area contributed by atoms with Gasteiger partial charge in [0.25, 0.3) is 0 Å². The molecular weight excluding hydrogens is 560 g/mol. The molecule has 214 valence electrons. The van der Waals surface area contributed by atoms with Crippen LogP contribution in [0.5, 0.6) is 0 Å².